The number of aliphatic hydroxyl groups is 1. The van der Waals surface area contributed by atoms with Crippen LogP contribution in [0.5, 0.6) is 0 Å². The van der Waals surface area contributed by atoms with Crippen molar-refractivity contribution in [3.05, 3.63) is 11.4 Å². The van der Waals surface area contributed by atoms with Crippen LogP contribution >= 0.6 is 0 Å². The van der Waals surface area contributed by atoms with Gasteiger partial charge in [-0.3, -0.25) is 4.68 Å². The second-order valence-corrected chi connectivity index (χ2v) is 5.09. The summed E-state index contributed by atoms with van der Waals surface area (Å²) >= 11 is 0. The molecule has 1 aromatic rings. The van der Waals surface area contributed by atoms with Crippen molar-refractivity contribution < 1.29 is 5.11 Å². The number of anilines is 1. The van der Waals surface area contributed by atoms with E-state index in [1.165, 1.54) is 12.8 Å². The van der Waals surface area contributed by atoms with Crippen LogP contribution in [0.4, 0.5) is 5.69 Å². The summed E-state index contributed by atoms with van der Waals surface area (Å²) in [4.78, 5) is 2.22. The largest absolute Gasteiger partial charge is 0.396 e. The van der Waals surface area contributed by atoms with E-state index < -0.39 is 6.10 Å². The van der Waals surface area contributed by atoms with Gasteiger partial charge in [0.05, 0.1) is 29.7 Å². The van der Waals surface area contributed by atoms with Gasteiger partial charge >= 0.3 is 0 Å². The molecule has 0 radical (unpaired) electrons. The highest BCUT2D eigenvalue weighted by Gasteiger charge is 2.27. The Kier molecular flexibility index (Phi) is 3.40. The molecular formula is C12H22N4O. The molecule has 0 aliphatic heterocycles. The number of aromatic nitrogens is 2. The van der Waals surface area contributed by atoms with Crippen LogP contribution in [0.3, 0.4) is 0 Å². The van der Waals surface area contributed by atoms with E-state index in [0.29, 0.717) is 19.1 Å². The molecule has 0 bridgehead atoms. The molecule has 3 N–H and O–H groups in total. The summed E-state index contributed by atoms with van der Waals surface area (Å²) in [6.07, 6.45) is 2.13. The van der Waals surface area contributed by atoms with Crippen LogP contribution in [0, 0.1) is 13.8 Å². The third kappa shape index (κ3) is 2.79. The zero-order valence-electron chi connectivity index (χ0n) is 10.8. The molecule has 1 aliphatic carbocycles. The van der Waals surface area contributed by atoms with Crippen LogP contribution < -0.4 is 5.73 Å². The standard InChI is InChI=1S/C12H22N4O/c1-8-12(13)9(2)16(14-8)7-11(17)6-15(3)10-4-5-10/h10-11,17H,4-7,13H2,1-3H3. The molecule has 1 fully saturated rings. The topological polar surface area (TPSA) is 67.3 Å². The monoisotopic (exact) mass is 238 g/mol. The minimum absolute atomic E-state index is 0.391. The van der Waals surface area contributed by atoms with Gasteiger partial charge in [0.1, 0.15) is 0 Å². The van der Waals surface area contributed by atoms with Gasteiger partial charge in [-0.2, -0.15) is 5.10 Å². The summed E-state index contributed by atoms with van der Waals surface area (Å²) in [5.41, 5.74) is 8.37. The summed E-state index contributed by atoms with van der Waals surface area (Å²) in [6, 6.07) is 0.676. The molecule has 1 atom stereocenters. The smallest absolute Gasteiger partial charge is 0.0862 e. The van der Waals surface area contributed by atoms with E-state index in [4.69, 9.17) is 5.73 Å². The Balaban J connectivity index is 1.92. The lowest BCUT2D eigenvalue weighted by Gasteiger charge is -2.20. The number of aryl methyl sites for hydroxylation is 1. The number of rotatable bonds is 5. The van der Waals surface area contributed by atoms with Gasteiger partial charge in [-0.1, -0.05) is 0 Å². The fourth-order valence-electron chi connectivity index (χ4n) is 2.14. The van der Waals surface area contributed by atoms with Gasteiger partial charge in [0.25, 0.3) is 0 Å². The minimum atomic E-state index is -0.391. The first-order valence-electron chi connectivity index (χ1n) is 6.16. The van der Waals surface area contributed by atoms with Gasteiger partial charge in [0.2, 0.25) is 0 Å². The molecule has 1 heterocycles. The molecule has 0 amide bonds. The van der Waals surface area contributed by atoms with Crippen LogP contribution in [0.15, 0.2) is 0 Å². The zero-order chi connectivity index (χ0) is 12.6. The number of nitrogen functional groups attached to an aromatic ring is 1. The van der Waals surface area contributed by atoms with E-state index in [1.807, 2.05) is 13.8 Å². The molecule has 2 rings (SSSR count). The number of hydrogen-bond acceptors (Lipinski definition) is 4. The molecule has 17 heavy (non-hydrogen) atoms. The third-order valence-corrected chi connectivity index (χ3v) is 3.49. The Labute approximate surface area is 102 Å². The summed E-state index contributed by atoms with van der Waals surface area (Å²) < 4.78 is 1.80. The molecule has 1 aromatic heterocycles. The predicted octanol–water partition coefficient (Wildman–Crippen LogP) is 0.537. The number of likely N-dealkylation sites (N-methyl/N-ethyl adjacent to an activating group) is 1. The molecule has 96 valence electrons. The minimum Gasteiger partial charge on any atom is -0.396 e. The zero-order valence-corrected chi connectivity index (χ0v) is 10.8. The Morgan fingerprint density at radius 3 is 2.65 bits per heavy atom. The Hall–Kier alpha value is -1.07. The van der Waals surface area contributed by atoms with Gasteiger partial charge in [-0.05, 0) is 33.7 Å². The van der Waals surface area contributed by atoms with E-state index in [2.05, 4.69) is 17.0 Å². The van der Waals surface area contributed by atoms with Crippen LogP contribution in [-0.2, 0) is 6.54 Å². The van der Waals surface area contributed by atoms with E-state index in [9.17, 15) is 5.11 Å². The lowest BCUT2D eigenvalue weighted by Crippen LogP contribution is -2.33. The van der Waals surface area contributed by atoms with Gasteiger partial charge in [-0.15, -0.1) is 0 Å². The van der Waals surface area contributed by atoms with Crippen LogP contribution in [0.25, 0.3) is 0 Å². The van der Waals surface area contributed by atoms with Gasteiger partial charge in [0, 0.05) is 12.6 Å². The van der Waals surface area contributed by atoms with Crippen molar-refractivity contribution in [2.45, 2.75) is 45.4 Å². The quantitative estimate of drug-likeness (QED) is 0.785. The highest BCUT2D eigenvalue weighted by molar-refractivity contribution is 5.46. The average molecular weight is 238 g/mol. The normalized spacial score (nSPS) is 17.7. The first kappa shape index (κ1) is 12.4. The molecule has 0 saturated heterocycles. The van der Waals surface area contributed by atoms with Gasteiger partial charge in [0.15, 0.2) is 0 Å². The van der Waals surface area contributed by atoms with Crippen molar-refractivity contribution in [1.82, 2.24) is 14.7 Å². The van der Waals surface area contributed by atoms with E-state index in [1.54, 1.807) is 4.68 Å². The predicted molar refractivity (Wildman–Crippen MR) is 67.8 cm³/mol. The molecule has 0 aromatic carbocycles. The van der Waals surface area contributed by atoms with Gasteiger partial charge < -0.3 is 15.7 Å². The van der Waals surface area contributed by atoms with Gasteiger partial charge in [-0.25, -0.2) is 0 Å². The lowest BCUT2D eigenvalue weighted by molar-refractivity contribution is 0.103. The van der Waals surface area contributed by atoms with Crippen LogP contribution in [-0.4, -0.2) is 45.5 Å². The number of hydrogen-bond donors (Lipinski definition) is 2. The Morgan fingerprint density at radius 2 is 2.18 bits per heavy atom. The van der Waals surface area contributed by atoms with Crippen molar-refractivity contribution in [1.29, 1.82) is 0 Å². The van der Waals surface area contributed by atoms with E-state index in [0.717, 1.165) is 17.1 Å². The first-order valence-corrected chi connectivity index (χ1v) is 6.16. The molecule has 5 heteroatoms. The Morgan fingerprint density at radius 1 is 1.53 bits per heavy atom. The van der Waals surface area contributed by atoms with E-state index >= 15 is 0 Å². The highest BCUT2D eigenvalue weighted by Crippen LogP contribution is 2.25. The molecule has 1 aliphatic rings. The fourth-order valence-corrected chi connectivity index (χ4v) is 2.14. The maximum atomic E-state index is 10.0. The average Bonchev–Trinajstić information content (AvgIpc) is 3.06. The van der Waals surface area contributed by atoms with Crippen molar-refractivity contribution in [2.75, 3.05) is 19.3 Å². The molecule has 0 spiro atoms. The van der Waals surface area contributed by atoms with Crippen molar-refractivity contribution in [3.63, 3.8) is 0 Å². The number of nitrogens with zero attached hydrogens (tertiary/aromatic N) is 3. The van der Waals surface area contributed by atoms with Crippen LogP contribution in [0.1, 0.15) is 24.2 Å². The number of nitrogens with two attached hydrogens (primary N) is 1. The molecule has 1 saturated carbocycles. The first-order chi connectivity index (χ1) is 7.99. The maximum absolute atomic E-state index is 10.0. The second kappa shape index (κ2) is 4.66. The fraction of sp³-hybridized carbons (Fsp3) is 0.750. The summed E-state index contributed by atoms with van der Waals surface area (Å²) in [5, 5.41) is 14.4. The van der Waals surface area contributed by atoms with Crippen molar-refractivity contribution in [3.8, 4) is 0 Å². The number of aliphatic hydroxyl groups excluding tert-OH is 1. The SMILES string of the molecule is Cc1nn(CC(O)CN(C)C2CC2)c(C)c1N. The summed E-state index contributed by atoms with van der Waals surface area (Å²) in [7, 11) is 2.07. The van der Waals surface area contributed by atoms with Crippen molar-refractivity contribution >= 4 is 5.69 Å². The molecule has 5 nitrogen and oxygen atoms in total. The third-order valence-electron chi connectivity index (χ3n) is 3.49. The summed E-state index contributed by atoms with van der Waals surface area (Å²) in [6.45, 7) is 5.04. The summed E-state index contributed by atoms with van der Waals surface area (Å²) in [5.74, 6) is 0. The van der Waals surface area contributed by atoms with Crippen molar-refractivity contribution in [2.24, 2.45) is 0 Å². The lowest BCUT2D eigenvalue weighted by atomic mass is 10.3. The molecule has 1 unspecified atom stereocenters. The highest BCUT2D eigenvalue weighted by atomic mass is 16.3. The maximum Gasteiger partial charge on any atom is 0.0862 e. The van der Waals surface area contributed by atoms with E-state index in [-0.39, 0.29) is 0 Å². The van der Waals surface area contributed by atoms with Crippen LogP contribution in [0.2, 0.25) is 0 Å². The second-order valence-electron chi connectivity index (χ2n) is 5.09. The Bertz CT molecular complexity index is 397. The molecular weight excluding hydrogens is 216 g/mol.